The fourth-order valence-electron chi connectivity index (χ4n) is 1.34. The molecule has 0 spiro atoms. The standard InChI is InChI=1S/C14H10O/c15-11-14-9-7-13(8-10-14)6-5-12-3-1-2-4-12/h1-3,7-11H,4H2. The van der Waals surface area contributed by atoms with E-state index in [1.807, 2.05) is 24.3 Å². The molecular formula is C14H10O. The van der Waals surface area contributed by atoms with Crippen molar-refractivity contribution in [3.05, 3.63) is 59.2 Å². The van der Waals surface area contributed by atoms with E-state index in [-0.39, 0.29) is 0 Å². The average molecular weight is 194 g/mol. The molecule has 1 aliphatic carbocycles. The lowest BCUT2D eigenvalue weighted by Crippen LogP contribution is -1.80. The van der Waals surface area contributed by atoms with Gasteiger partial charge >= 0.3 is 0 Å². The van der Waals surface area contributed by atoms with Gasteiger partial charge in [-0.2, -0.15) is 0 Å². The van der Waals surface area contributed by atoms with E-state index in [0.717, 1.165) is 23.8 Å². The summed E-state index contributed by atoms with van der Waals surface area (Å²) < 4.78 is 0. The first kappa shape index (κ1) is 9.48. The average Bonchev–Trinajstić information content (AvgIpc) is 2.80. The maximum Gasteiger partial charge on any atom is 0.150 e. The number of rotatable bonds is 1. The summed E-state index contributed by atoms with van der Waals surface area (Å²) in [6.45, 7) is 0. The Bertz CT molecular complexity index is 478. The highest BCUT2D eigenvalue weighted by Gasteiger charge is 1.93. The molecule has 0 fully saturated rings. The van der Waals surface area contributed by atoms with Crippen molar-refractivity contribution < 1.29 is 4.79 Å². The van der Waals surface area contributed by atoms with Crippen molar-refractivity contribution in [2.75, 3.05) is 0 Å². The van der Waals surface area contributed by atoms with Crippen LogP contribution >= 0.6 is 0 Å². The number of carbonyl (C=O) groups excluding carboxylic acids is 1. The molecule has 0 bridgehead atoms. The Kier molecular flexibility index (Phi) is 2.80. The summed E-state index contributed by atoms with van der Waals surface area (Å²) in [5.41, 5.74) is 2.75. The van der Waals surface area contributed by atoms with Crippen LogP contribution in [0.1, 0.15) is 22.3 Å². The van der Waals surface area contributed by atoms with Gasteiger partial charge in [0.15, 0.2) is 0 Å². The fourth-order valence-corrected chi connectivity index (χ4v) is 1.34. The maximum atomic E-state index is 10.4. The summed E-state index contributed by atoms with van der Waals surface area (Å²) in [6.07, 6.45) is 7.88. The molecule has 1 nitrogen and oxygen atoms in total. The molecule has 0 atom stereocenters. The summed E-state index contributed by atoms with van der Waals surface area (Å²) in [7, 11) is 0. The highest BCUT2D eigenvalue weighted by atomic mass is 16.1. The molecule has 0 saturated carbocycles. The van der Waals surface area contributed by atoms with Crippen molar-refractivity contribution in [1.29, 1.82) is 0 Å². The normalized spacial score (nSPS) is 12.9. The summed E-state index contributed by atoms with van der Waals surface area (Å²) in [6, 6.07) is 7.27. The lowest BCUT2D eigenvalue weighted by molar-refractivity contribution is 0.112. The number of hydrogen-bond donors (Lipinski definition) is 0. The quantitative estimate of drug-likeness (QED) is 0.496. The van der Waals surface area contributed by atoms with Gasteiger partial charge in [0.1, 0.15) is 6.29 Å². The Labute approximate surface area is 89.1 Å². The molecule has 1 heteroatoms. The Morgan fingerprint density at radius 2 is 1.93 bits per heavy atom. The summed E-state index contributed by atoms with van der Waals surface area (Å²) in [5, 5.41) is 0. The summed E-state index contributed by atoms with van der Waals surface area (Å²) >= 11 is 0. The Balaban J connectivity index is 2.13. The SMILES string of the molecule is O=Cc1ccc(C#CC2=CC=CC2)cc1. The van der Waals surface area contributed by atoms with Gasteiger partial charge in [-0.3, -0.25) is 4.79 Å². The predicted molar refractivity (Wildman–Crippen MR) is 60.5 cm³/mol. The molecule has 1 aromatic rings. The minimum absolute atomic E-state index is 0.683. The van der Waals surface area contributed by atoms with Gasteiger partial charge in [0.2, 0.25) is 0 Å². The van der Waals surface area contributed by atoms with E-state index in [9.17, 15) is 4.79 Å². The molecule has 1 aliphatic rings. The molecule has 0 radical (unpaired) electrons. The topological polar surface area (TPSA) is 17.1 Å². The highest BCUT2D eigenvalue weighted by Crippen LogP contribution is 2.09. The van der Waals surface area contributed by atoms with Gasteiger partial charge in [-0.25, -0.2) is 0 Å². The van der Waals surface area contributed by atoms with Gasteiger partial charge in [-0.05, 0) is 18.6 Å². The third-order valence-corrected chi connectivity index (χ3v) is 2.19. The molecule has 0 aromatic heterocycles. The van der Waals surface area contributed by atoms with E-state index in [0.29, 0.717) is 5.56 Å². The second kappa shape index (κ2) is 4.43. The zero-order chi connectivity index (χ0) is 10.5. The van der Waals surface area contributed by atoms with Crippen LogP contribution in [0.3, 0.4) is 0 Å². The van der Waals surface area contributed by atoms with Crippen molar-refractivity contribution >= 4 is 6.29 Å². The van der Waals surface area contributed by atoms with Crippen LogP contribution in [0.5, 0.6) is 0 Å². The largest absolute Gasteiger partial charge is 0.298 e. The van der Waals surface area contributed by atoms with Crippen LogP contribution in [0.25, 0.3) is 0 Å². The number of benzene rings is 1. The number of allylic oxidation sites excluding steroid dienone is 4. The van der Waals surface area contributed by atoms with Crippen molar-refractivity contribution in [2.45, 2.75) is 6.42 Å². The third kappa shape index (κ3) is 2.45. The van der Waals surface area contributed by atoms with Crippen molar-refractivity contribution in [3.63, 3.8) is 0 Å². The number of aldehydes is 1. The fraction of sp³-hybridized carbons (Fsp3) is 0.0714. The van der Waals surface area contributed by atoms with Gasteiger partial charge < -0.3 is 0 Å². The lowest BCUT2D eigenvalue weighted by atomic mass is 10.1. The van der Waals surface area contributed by atoms with Crippen LogP contribution in [0.2, 0.25) is 0 Å². The van der Waals surface area contributed by atoms with Crippen molar-refractivity contribution in [3.8, 4) is 11.8 Å². The Morgan fingerprint density at radius 3 is 2.53 bits per heavy atom. The van der Waals surface area contributed by atoms with Crippen LogP contribution < -0.4 is 0 Å². The number of carbonyl (C=O) groups is 1. The van der Waals surface area contributed by atoms with Gasteiger partial charge in [-0.15, -0.1) is 0 Å². The molecule has 1 aromatic carbocycles. The molecule has 0 heterocycles. The van der Waals surface area contributed by atoms with E-state index >= 15 is 0 Å². The highest BCUT2D eigenvalue weighted by molar-refractivity contribution is 5.74. The predicted octanol–water partition coefficient (Wildman–Crippen LogP) is 2.74. The van der Waals surface area contributed by atoms with Gasteiger partial charge in [0.25, 0.3) is 0 Å². The minimum atomic E-state index is 0.683. The first-order chi connectivity index (χ1) is 7.38. The van der Waals surface area contributed by atoms with Gasteiger partial charge in [0.05, 0.1) is 0 Å². The summed E-state index contributed by atoms with van der Waals surface area (Å²) in [4.78, 5) is 10.4. The van der Waals surface area contributed by atoms with Crippen LogP contribution in [0.15, 0.2) is 48.1 Å². The molecule has 15 heavy (non-hydrogen) atoms. The second-order valence-electron chi connectivity index (χ2n) is 3.31. The molecule has 72 valence electrons. The molecule has 0 unspecified atom stereocenters. The van der Waals surface area contributed by atoms with Crippen LogP contribution in [0, 0.1) is 11.8 Å². The van der Waals surface area contributed by atoms with E-state index in [2.05, 4.69) is 17.9 Å². The van der Waals surface area contributed by atoms with Crippen LogP contribution in [-0.4, -0.2) is 6.29 Å². The van der Waals surface area contributed by atoms with Gasteiger partial charge in [-0.1, -0.05) is 42.2 Å². The van der Waals surface area contributed by atoms with Crippen LogP contribution in [0.4, 0.5) is 0 Å². The molecule has 0 aliphatic heterocycles. The second-order valence-corrected chi connectivity index (χ2v) is 3.31. The third-order valence-electron chi connectivity index (χ3n) is 2.19. The zero-order valence-electron chi connectivity index (χ0n) is 8.23. The van der Waals surface area contributed by atoms with E-state index in [4.69, 9.17) is 0 Å². The van der Waals surface area contributed by atoms with Crippen molar-refractivity contribution in [2.24, 2.45) is 0 Å². The molecule has 0 amide bonds. The minimum Gasteiger partial charge on any atom is -0.298 e. The van der Waals surface area contributed by atoms with E-state index < -0.39 is 0 Å². The smallest absolute Gasteiger partial charge is 0.150 e. The van der Waals surface area contributed by atoms with Crippen LogP contribution in [-0.2, 0) is 0 Å². The first-order valence-corrected chi connectivity index (χ1v) is 4.81. The Hall–Kier alpha value is -2.07. The van der Waals surface area contributed by atoms with Crippen molar-refractivity contribution in [1.82, 2.24) is 0 Å². The maximum absolute atomic E-state index is 10.4. The first-order valence-electron chi connectivity index (χ1n) is 4.81. The zero-order valence-corrected chi connectivity index (χ0v) is 8.23. The lowest BCUT2D eigenvalue weighted by Gasteiger charge is -1.91. The van der Waals surface area contributed by atoms with E-state index in [1.165, 1.54) is 0 Å². The van der Waals surface area contributed by atoms with E-state index in [1.54, 1.807) is 12.1 Å². The molecular weight excluding hydrogens is 184 g/mol. The number of hydrogen-bond acceptors (Lipinski definition) is 1. The monoisotopic (exact) mass is 194 g/mol. The molecule has 0 saturated heterocycles. The van der Waals surface area contributed by atoms with Gasteiger partial charge in [0, 0.05) is 16.7 Å². The molecule has 0 N–H and O–H groups in total. The molecule has 2 rings (SSSR count). The Morgan fingerprint density at radius 1 is 1.13 bits per heavy atom. The summed E-state index contributed by atoms with van der Waals surface area (Å²) in [5.74, 6) is 6.16.